The molecule has 29 heavy (non-hydrogen) atoms. The first-order valence-electron chi connectivity index (χ1n) is 9.31. The van der Waals surface area contributed by atoms with Gasteiger partial charge >= 0.3 is 0 Å². The smallest absolute Gasteiger partial charge is 0.233 e. The molecule has 0 spiro atoms. The monoisotopic (exact) mass is 429 g/mol. The van der Waals surface area contributed by atoms with Crippen molar-refractivity contribution in [3.05, 3.63) is 76.4 Å². The van der Waals surface area contributed by atoms with E-state index < -0.39 is 9.84 Å². The standard InChI is InChI=1S/C21H20ClN3O3S/c1-2-17(14-7-4-3-5-8-14)21(26)23-20-18-12-29(27,28)13-19(18)24-25(20)16-10-6-9-15(22)11-16/h3-11,17H,2,12-13H2,1H3,(H,23,26). The molecule has 1 unspecified atom stereocenters. The van der Waals surface area contributed by atoms with E-state index >= 15 is 0 Å². The Bertz CT molecular complexity index is 1170. The van der Waals surface area contributed by atoms with Crippen molar-refractivity contribution in [1.29, 1.82) is 0 Å². The van der Waals surface area contributed by atoms with Gasteiger partial charge < -0.3 is 5.32 Å². The second kappa shape index (κ2) is 7.65. The molecule has 4 rings (SSSR count). The van der Waals surface area contributed by atoms with Gasteiger partial charge in [-0.2, -0.15) is 5.10 Å². The number of aromatic nitrogens is 2. The number of fused-ring (bicyclic) bond motifs is 1. The normalized spacial score (nSPS) is 15.7. The van der Waals surface area contributed by atoms with Gasteiger partial charge in [-0.3, -0.25) is 4.79 Å². The third kappa shape index (κ3) is 3.93. The Labute approximate surface area is 174 Å². The van der Waals surface area contributed by atoms with Gasteiger partial charge in [0.15, 0.2) is 9.84 Å². The Hall–Kier alpha value is -2.64. The summed E-state index contributed by atoms with van der Waals surface area (Å²) >= 11 is 6.12. The Morgan fingerprint density at radius 1 is 1.17 bits per heavy atom. The summed E-state index contributed by atoms with van der Waals surface area (Å²) in [6.07, 6.45) is 0.613. The van der Waals surface area contributed by atoms with Crippen LogP contribution in [0.4, 0.5) is 5.82 Å². The van der Waals surface area contributed by atoms with Crippen molar-refractivity contribution < 1.29 is 13.2 Å². The number of benzene rings is 2. The average Bonchev–Trinajstić information content (AvgIpc) is 3.16. The molecule has 2 aromatic carbocycles. The van der Waals surface area contributed by atoms with Gasteiger partial charge in [0.25, 0.3) is 0 Å². The number of halogens is 1. The fourth-order valence-electron chi connectivity index (χ4n) is 3.63. The zero-order chi connectivity index (χ0) is 20.6. The van der Waals surface area contributed by atoms with Gasteiger partial charge in [-0.1, -0.05) is 54.9 Å². The van der Waals surface area contributed by atoms with Crippen LogP contribution >= 0.6 is 11.6 Å². The lowest BCUT2D eigenvalue weighted by Gasteiger charge is -2.17. The van der Waals surface area contributed by atoms with E-state index in [9.17, 15) is 13.2 Å². The quantitative estimate of drug-likeness (QED) is 0.662. The Morgan fingerprint density at radius 2 is 1.93 bits per heavy atom. The van der Waals surface area contributed by atoms with Gasteiger partial charge in [0, 0.05) is 10.6 Å². The summed E-state index contributed by atoms with van der Waals surface area (Å²) < 4.78 is 25.8. The van der Waals surface area contributed by atoms with E-state index in [4.69, 9.17) is 11.6 Å². The van der Waals surface area contributed by atoms with Crippen molar-refractivity contribution in [3.8, 4) is 5.69 Å². The van der Waals surface area contributed by atoms with Gasteiger partial charge in [0.1, 0.15) is 5.82 Å². The van der Waals surface area contributed by atoms with Crippen LogP contribution in [0, 0.1) is 0 Å². The first kappa shape index (κ1) is 19.7. The van der Waals surface area contributed by atoms with E-state index in [1.54, 1.807) is 22.9 Å². The summed E-state index contributed by atoms with van der Waals surface area (Å²) in [5.74, 6) is -0.431. The maximum atomic E-state index is 13.1. The summed E-state index contributed by atoms with van der Waals surface area (Å²) in [5.41, 5.74) is 2.58. The first-order valence-corrected chi connectivity index (χ1v) is 11.5. The van der Waals surface area contributed by atoms with Crippen LogP contribution < -0.4 is 5.32 Å². The largest absolute Gasteiger partial charge is 0.310 e. The molecule has 3 aromatic rings. The molecule has 1 aliphatic rings. The van der Waals surface area contributed by atoms with Crippen molar-refractivity contribution in [3.63, 3.8) is 0 Å². The highest BCUT2D eigenvalue weighted by Crippen LogP contribution is 2.34. The van der Waals surface area contributed by atoms with Crippen LogP contribution in [0.1, 0.15) is 36.1 Å². The third-order valence-corrected chi connectivity index (χ3v) is 6.69. The second-order valence-corrected chi connectivity index (χ2v) is 9.56. The summed E-state index contributed by atoms with van der Waals surface area (Å²) in [5, 5.41) is 7.95. The molecule has 1 atom stereocenters. The predicted molar refractivity (Wildman–Crippen MR) is 113 cm³/mol. The Morgan fingerprint density at radius 3 is 2.62 bits per heavy atom. The molecule has 6 nitrogen and oxygen atoms in total. The Kier molecular flexibility index (Phi) is 5.19. The lowest BCUT2D eigenvalue weighted by Crippen LogP contribution is -2.23. The lowest BCUT2D eigenvalue weighted by atomic mass is 9.95. The van der Waals surface area contributed by atoms with Crippen LogP contribution in [-0.4, -0.2) is 24.1 Å². The highest BCUT2D eigenvalue weighted by Gasteiger charge is 2.34. The van der Waals surface area contributed by atoms with Gasteiger partial charge in [0.05, 0.1) is 28.8 Å². The number of carbonyl (C=O) groups excluding carboxylic acids is 1. The molecule has 1 aliphatic heterocycles. The van der Waals surface area contributed by atoms with E-state index in [0.717, 1.165) is 5.56 Å². The molecule has 0 saturated carbocycles. The minimum atomic E-state index is -3.26. The maximum absolute atomic E-state index is 13.1. The summed E-state index contributed by atoms with van der Waals surface area (Å²) in [6.45, 7) is 1.94. The van der Waals surface area contributed by atoms with E-state index in [1.165, 1.54) is 0 Å². The van der Waals surface area contributed by atoms with Crippen molar-refractivity contribution >= 4 is 33.2 Å². The molecule has 0 fully saturated rings. The van der Waals surface area contributed by atoms with Crippen LogP contribution in [0.2, 0.25) is 5.02 Å². The topological polar surface area (TPSA) is 81.1 Å². The fourth-order valence-corrected chi connectivity index (χ4v) is 5.31. The van der Waals surface area contributed by atoms with Gasteiger partial charge in [-0.25, -0.2) is 13.1 Å². The van der Waals surface area contributed by atoms with Crippen molar-refractivity contribution in [1.82, 2.24) is 9.78 Å². The molecule has 0 bridgehead atoms. The molecular formula is C21H20ClN3O3S. The fraction of sp³-hybridized carbons (Fsp3) is 0.238. The number of anilines is 1. The van der Waals surface area contributed by atoms with Gasteiger partial charge in [-0.05, 0) is 30.2 Å². The number of amides is 1. The lowest BCUT2D eigenvalue weighted by molar-refractivity contribution is -0.117. The number of rotatable bonds is 5. The van der Waals surface area contributed by atoms with Crippen LogP contribution in [-0.2, 0) is 26.1 Å². The number of carbonyl (C=O) groups is 1. The van der Waals surface area contributed by atoms with Crippen LogP contribution in [0.25, 0.3) is 5.69 Å². The molecule has 1 amide bonds. The van der Waals surface area contributed by atoms with Gasteiger partial charge in [0.2, 0.25) is 5.91 Å². The summed E-state index contributed by atoms with van der Waals surface area (Å²) in [7, 11) is -3.26. The summed E-state index contributed by atoms with van der Waals surface area (Å²) in [4.78, 5) is 13.1. The minimum absolute atomic E-state index is 0.130. The van der Waals surface area contributed by atoms with Crippen LogP contribution in [0.5, 0.6) is 0 Å². The van der Waals surface area contributed by atoms with Crippen molar-refractivity contribution in [2.24, 2.45) is 0 Å². The third-order valence-electron chi connectivity index (χ3n) is 5.01. The molecule has 0 aliphatic carbocycles. The van der Waals surface area contributed by atoms with Crippen molar-refractivity contribution in [2.45, 2.75) is 30.8 Å². The number of nitrogens with zero attached hydrogens (tertiary/aromatic N) is 2. The zero-order valence-electron chi connectivity index (χ0n) is 15.8. The minimum Gasteiger partial charge on any atom is -0.310 e. The molecule has 2 heterocycles. The molecule has 0 radical (unpaired) electrons. The van der Waals surface area contributed by atoms with Crippen LogP contribution in [0.3, 0.4) is 0 Å². The van der Waals surface area contributed by atoms with E-state index in [0.29, 0.717) is 34.2 Å². The first-order chi connectivity index (χ1) is 13.9. The average molecular weight is 430 g/mol. The number of sulfone groups is 1. The summed E-state index contributed by atoms with van der Waals surface area (Å²) in [6, 6.07) is 16.6. The molecule has 1 aromatic heterocycles. The van der Waals surface area contributed by atoms with Crippen LogP contribution in [0.15, 0.2) is 54.6 Å². The number of hydrogen-bond acceptors (Lipinski definition) is 4. The van der Waals surface area contributed by atoms with Gasteiger partial charge in [-0.15, -0.1) is 0 Å². The molecular weight excluding hydrogens is 410 g/mol. The van der Waals surface area contributed by atoms with E-state index in [2.05, 4.69) is 10.4 Å². The SMILES string of the molecule is CCC(C(=O)Nc1c2c(nn1-c1cccc(Cl)c1)CS(=O)(=O)C2)c1ccccc1. The van der Waals surface area contributed by atoms with E-state index in [1.807, 2.05) is 43.3 Å². The number of hydrogen-bond donors (Lipinski definition) is 1. The molecule has 1 N–H and O–H groups in total. The van der Waals surface area contributed by atoms with Crippen molar-refractivity contribution in [2.75, 3.05) is 5.32 Å². The highest BCUT2D eigenvalue weighted by atomic mass is 35.5. The Balaban J connectivity index is 1.75. The zero-order valence-corrected chi connectivity index (χ0v) is 17.4. The molecule has 150 valence electrons. The molecule has 0 saturated heterocycles. The second-order valence-electron chi connectivity index (χ2n) is 7.06. The molecule has 8 heteroatoms. The predicted octanol–water partition coefficient (Wildman–Crippen LogP) is 4.09. The van der Waals surface area contributed by atoms with E-state index in [-0.39, 0.29) is 23.3 Å². The maximum Gasteiger partial charge on any atom is 0.233 e. The highest BCUT2D eigenvalue weighted by molar-refractivity contribution is 7.90. The number of nitrogens with one attached hydrogen (secondary N) is 1.